The summed E-state index contributed by atoms with van der Waals surface area (Å²) in [6, 6.07) is 13.7. The van der Waals surface area contributed by atoms with Crippen molar-refractivity contribution in [2.24, 2.45) is 4.99 Å². The van der Waals surface area contributed by atoms with Crippen LogP contribution in [-0.4, -0.2) is 42.3 Å². The summed E-state index contributed by atoms with van der Waals surface area (Å²) < 4.78 is 25.5. The first-order chi connectivity index (χ1) is 14.2. The molecule has 0 aromatic heterocycles. The highest BCUT2D eigenvalue weighted by molar-refractivity contribution is 9.10. The number of aliphatic imine (C=N–C) groups is 1. The van der Waals surface area contributed by atoms with Gasteiger partial charge in [0.25, 0.3) is 0 Å². The normalized spacial score (nSPS) is 23.7. The van der Waals surface area contributed by atoms with E-state index < -0.39 is 9.84 Å². The van der Waals surface area contributed by atoms with E-state index in [0.717, 1.165) is 26.9 Å². The zero-order chi connectivity index (χ0) is 21.5. The number of carbonyl (C=O) groups excluding carboxylic acids is 1. The van der Waals surface area contributed by atoms with E-state index in [9.17, 15) is 13.2 Å². The molecule has 2 aliphatic rings. The summed E-state index contributed by atoms with van der Waals surface area (Å²) in [6.45, 7) is 4.01. The third kappa shape index (κ3) is 4.50. The minimum Gasteiger partial charge on any atom is -0.315 e. The summed E-state index contributed by atoms with van der Waals surface area (Å²) in [4.78, 5) is 19.1. The van der Waals surface area contributed by atoms with Crippen molar-refractivity contribution in [1.82, 2.24) is 0 Å². The number of aryl methyl sites for hydroxylation is 3. The monoisotopic (exact) mass is 506 g/mol. The molecule has 4 rings (SSSR count). The van der Waals surface area contributed by atoms with Gasteiger partial charge in [0.15, 0.2) is 15.0 Å². The number of thioether (sulfide) groups is 1. The number of amidine groups is 1. The molecule has 0 bridgehead atoms. The van der Waals surface area contributed by atoms with Crippen LogP contribution >= 0.6 is 27.7 Å². The summed E-state index contributed by atoms with van der Waals surface area (Å²) >= 11 is 4.95. The Hall–Kier alpha value is -1.64. The molecule has 5 nitrogen and oxygen atoms in total. The van der Waals surface area contributed by atoms with Crippen molar-refractivity contribution in [1.29, 1.82) is 0 Å². The maximum atomic E-state index is 12.7. The fourth-order valence-electron chi connectivity index (χ4n) is 4.17. The van der Waals surface area contributed by atoms with Gasteiger partial charge in [-0.15, -0.1) is 0 Å². The highest BCUT2D eigenvalue weighted by Gasteiger charge is 2.50. The molecule has 2 aromatic carbocycles. The quantitative estimate of drug-likeness (QED) is 0.618. The Morgan fingerprint density at radius 2 is 1.83 bits per heavy atom. The molecule has 0 radical (unpaired) electrons. The SMILES string of the molecule is Cc1cc(Br)cc(C)c1N1C(=NC(=O)CCc2ccccc2)S[C@@H]2CS(=O)(=O)C[C@@H]21. The van der Waals surface area contributed by atoms with E-state index >= 15 is 0 Å². The lowest BCUT2D eigenvalue weighted by Gasteiger charge is -2.28. The Morgan fingerprint density at radius 1 is 1.17 bits per heavy atom. The Labute approximate surface area is 190 Å². The van der Waals surface area contributed by atoms with Gasteiger partial charge in [-0.1, -0.05) is 58.0 Å². The number of carbonyl (C=O) groups is 1. The lowest BCUT2D eigenvalue weighted by atomic mass is 10.1. The number of anilines is 1. The van der Waals surface area contributed by atoms with E-state index in [1.165, 1.54) is 11.8 Å². The van der Waals surface area contributed by atoms with Crippen molar-refractivity contribution in [3.8, 4) is 0 Å². The van der Waals surface area contributed by atoms with Gasteiger partial charge in [-0.05, 0) is 49.1 Å². The summed E-state index contributed by atoms with van der Waals surface area (Å²) in [5, 5.41) is 0.518. The predicted molar refractivity (Wildman–Crippen MR) is 127 cm³/mol. The minimum absolute atomic E-state index is 0.0941. The number of hydrogen-bond acceptors (Lipinski definition) is 4. The molecule has 30 heavy (non-hydrogen) atoms. The van der Waals surface area contributed by atoms with Gasteiger partial charge >= 0.3 is 0 Å². The van der Waals surface area contributed by atoms with Crippen molar-refractivity contribution in [3.05, 3.63) is 63.6 Å². The largest absolute Gasteiger partial charge is 0.315 e. The van der Waals surface area contributed by atoms with Crippen LogP contribution in [0.3, 0.4) is 0 Å². The van der Waals surface area contributed by atoms with E-state index in [1.807, 2.05) is 61.2 Å². The Balaban J connectivity index is 1.65. The number of benzene rings is 2. The van der Waals surface area contributed by atoms with Crippen LogP contribution < -0.4 is 4.90 Å². The van der Waals surface area contributed by atoms with E-state index in [-0.39, 0.29) is 28.7 Å². The third-order valence-corrected chi connectivity index (χ3v) is 9.12. The van der Waals surface area contributed by atoms with Crippen LogP contribution in [0.1, 0.15) is 23.1 Å². The van der Waals surface area contributed by atoms with E-state index in [4.69, 9.17) is 0 Å². The molecule has 2 atom stereocenters. The highest BCUT2D eigenvalue weighted by Crippen LogP contribution is 2.43. The molecular weight excluding hydrogens is 484 g/mol. The molecule has 0 saturated carbocycles. The van der Waals surface area contributed by atoms with Crippen molar-refractivity contribution < 1.29 is 13.2 Å². The molecule has 158 valence electrons. The van der Waals surface area contributed by atoms with Gasteiger partial charge in [-0.25, -0.2) is 8.42 Å². The van der Waals surface area contributed by atoms with Crippen LogP contribution in [0, 0.1) is 13.8 Å². The van der Waals surface area contributed by atoms with Gasteiger partial charge in [0, 0.05) is 21.8 Å². The van der Waals surface area contributed by atoms with Gasteiger partial charge < -0.3 is 4.90 Å². The van der Waals surface area contributed by atoms with Crippen LogP contribution in [0.5, 0.6) is 0 Å². The topological polar surface area (TPSA) is 66.8 Å². The molecule has 0 unspecified atom stereocenters. The summed E-state index contributed by atoms with van der Waals surface area (Å²) in [6.07, 6.45) is 0.965. The second-order valence-corrected chi connectivity index (χ2v) is 12.1. The number of sulfone groups is 1. The zero-order valence-corrected chi connectivity index (χ0v) is 20.1. The van der Waals surface area contributed by atoms with E-state index in [1.54, 1.807) is 0 Å². The second-order valence-electron chi connectivity index (χ2n) is 7.83. The summed E-state index contributed by atoms with van der Waals surface area (Å²) in [7, 11) is -3.09. The van der Waals surface area contributed by atoms with Gasteiger partial charge in [0.2, 0.25) is 5.91 Å². The Kier molecular flexibility index (Phi) is 6.10. The van der Waals surface area contributed by atoms with Crippen molar-refractivity contribution >= 4 is 54.3 Å². The predicted octanol–water partition coefficient (Wildman–Crippen LogP) is 4.30. The zero-order valence-electron chi connectivity index (χ0n) is 16.8. The van der Waals surface area contributed by atoms with Crippen LogP contribution in [-0.2, 0) is 21.1 Å². The van der Waals surface area contributed by atoms with Gasteiger partial charge in [0.1, 0.15) is 0 Å². The maximum Gasteiger partial charge on any atom is 0.248 e. The molecule has 2 heterocycles. The minimum atomic E-state index is -3.09. The fraction of sp³-hybridized carbons (Fsp3) is 0.364. The van der Waals surface area contributed by atoms with Crippen LogP contribution in [0.2, 0.25) is 0 Å². The molecule has 0 aliphatic carbocycles. The fourth-order valence-corrected chi connectivity index (χ4v) is 8.77. The average molecular weight is 507 g/mol. The van der Waals surface area contributed by atoms with E-state index in [2.05, 4.69) is 20.9 Å². The first kappa shape index (κ1) is 21.6. The van der Waals surface area contributed by atoms with E-state index in [0.29, 0.717) is 18.0 Å². The molecule has 2 fully saturated rings. The first-order valence-corrected chi connectivity index (χ1v) is 13.3. The lowest BCUT2D eigenvalue weighted by Crippen LogP contribution is -2.38. The van der Waals surface area contributed by atoms with Gasteiger partial charge in [0.05, 0.1) is 17.5 Å². The van der Waals surface area contributed by atoms with Crippen LogP contribution in [0.4, 0.5) is 5.69 Å². The number of halogens is 1. The van der Waals surface area contributed by atoms with Crippen molar-refractivity contribution in [2.45, 2.75) is 38.0 Å². The molecule has 1 amide bonds. The summed E-state index contributed by atoms with van der Waals surface area (Å²) in [5.41, 5.74) is 4.10. The average Bonchev–Trinajstić information content (AvgIpc) is 3.12. The Bertz CT molecular complexity index is 1090. The standard InChI is InChI=1S/C22H23BrN2O3S2/c1-14-10-17(23)11-15(2)21(14)25-18-12-30(27,28)13-19(18)29-22(25)24-20(26)9-8-16-6-4-3-5-7-16/h3-7,10-11,18-19H,8-9,12-13H2,1-2H3/t18-,19+/m0/s1. The number of amides is 1. The number of rotatable bonds is 4. The number of nitrogens with zero attached hydrogens (tertiary/aromatic N) is 2. The molecule has 0 N–H and O–H groups in total. The second kappa shape index (κ2) is 8.48. The maximum absolute atomic E-state index is 12.7. The van der Waals surface area contributed by atoms with Crippen LogP contribution in [0.15, 0.2) is 51.9 Å². The Morgan fingerprint density at radius 3 is 2.50 bits per heavy atom. The van der Waals surface area contributed by atoms with Gasteiger partial charge in [-0.3, -0.25) is 4.79 Å². The smallest absolute Gasteiger partial charge is 0.248 e. The lowest BCUT2D eigenvalue weighted by molar-refractivity contribution is -0.117. The highest BCUT2D eigenvalue weighted by atomic mass is 79.9. The molecular formula is C22H23BrN2O3S2. The number of hydrogen-bond donors (Lipinski definition) is 0. The molecule has 0 spiro atoms. The number of fused-ring (bicyclic) bond motifs is 1. The molecule has 2 saturated heterocycles. The molecule has 2 aromatic rings. The van der Waals surface area contributed by atoms with Crippen molar-refractivity contribution in [2.75, 3.05) is 16.4 Å². The molecule has 2 aliphatic heterocycles. The van der Waals surface area contributed by atoms with Crippen LogP contribution in [0.25, 0.3) is 0 Å². The first-order valence-electron chi connectivity index (χ1n) is 9.82. The summed E-state index contributed by atoms with van der Waals surface area (Å²) in [5.74, 6) is 0.0447. The van der Waals surface area contributed by atoms with Crippen molar-refractivity contribution in [3.63, 3.8) is 0 Å². The molecule has 8 heteroatoms. The third-order valence-electron chi connectivity index (χ3n) is 5.45. The van der Waals surface area contributed by atoms with Gasteiger partial charge in [-0.2, -0.15) is 4.99 Å².